The first-order valence-corrected chi connectivity index (χ1v) is 9.69. The van der Waals surface area contributed by atoms with Gasteiger partial charge < -0.3 is 49.6 Å². The molecule has 30 heavy (non-hydrogen) atoms. The van der Waals surface area contributed by atoms with E-state index in [0.717, 1.165) is 5.56 Å². The topological polar surface area (TPSA) is 158 Å². The fourth-order valence-corrected chi connectivity index (χ4v) is 3.28. The Bertz CT molecular complexity index is 671. The fourth-order valence-electron chi connectivity index (χ4n) is 3.28. The summed E-state index contributed by atoms with van der Waals surface area (Å²) in [5.41, 5.74) is 0.964. The number of hydrogen-bond acceptors (Lipinski definition) is 10. The Balaban J connectivity index is 1.52. The van der Waals surface area contributed by atoms with Crippen LogP contribution in [0.25, 0.3) is 6.08 Å². The number of aliphatic hydroxyl groups is 6. The van der Waals surface area contributed by atoms with Crippen LogP contribution in [-0.4, -0.2) is 106 Å². The summed E-state index contributed by atoms with van der Waals surface area (Å²) >= 11 is 0. The van der Waals surface area contributed by atoms with Crippen LogP contribution >= 0.6 is 0 Å². The minimum Gasteiger partial charge on any atom is -0.394 e. The van der Waals surface area contributed by atoms with Gasteiger partial charge in [-0.3, -0.25) is 0 Å². The van der Waals surface area contributed by atoms with Crippen LogP contribution in [0.1, 0.15) is 5.56 Å². The highest BCUT2D eigenvalue weighted by Gasteiger charge is 2.47. The monoisotopic (exact) mass is 428 g/mol. The molecule has 2 saturated heterocycles. The van der Waals surface area contributed by atoms with Gasteiger partial charge in [-0.1, -0.05) is 42.5 Å². The van der Waals surface area contributed by atoms with Gasteiger partial charge >= 0.3 is 0 Å². The molecular formula is C20H28O10. The summed E-state index contributed by atoms with van der Waals surface area (Å²) in [6, 6.07) is 9.50. The second-order valence-corrected chi connectivity index (χ2v) is 7.20. The summed E-state index contributed by atoms with van der Waals surface area (Å²) in [7, 11) is 0. The third-order valence-electron chi connectivity index (χ3n) is 5.06. The second-order valence-electron chi connectivity index (χ2n) is 7.20. The Morgan fingerprint density at radius 3 is 2.03 bits per heavy atom. The molecule has 0 saturated carbocycles. The molecule has 1 aromatic rings. The van der Waals surface area contributed by atoms with Gasteiger partial charge in [-0.25, -0.2) is 0 Å². The number of benzene rings is 1. The Morgan fingerprint density at radius 1 is 0.767 bits per heavy atom. The quantitative estimate of drug-likeness (QED) is 0.273. The maximum absolute atomic E-state index is 10.2. The van der Waals surface area contributed by atoms with E-state index in [0.29, 0.717) is 0 Å². The molecule has 2 aliphatic heterocycles. The number of ether oxygens (including phenoxy) is 4. The highest BCUT2D eigenvalue weighted by Crippen LogP contribution is 2.26. The van der Waals surface area contributed by atoms with Crippen LogP contribution in [0.2, 0.25) is 0 Å². The van der Waals surface area contributed by atoms with Crippen molar-refractivity contribution in [2.24, 2.45) is 0 Å². The molecule has 10 heteroatoms. The summed E-state index contributed by atoms with van der Waals surface area (Å²) in [4.78, 5) is 0. The van der Waals surface area contributed by atoms with Crippen LogP contribution in [0.15, 0.2) is 36.4 Å². The molecule has 0 aliphatic carbocycles. The number of hydrogen-bond donors (Lipinski definition) is 6. The minimum atomic E-state index is -1.54. The van der Waals surface area contributed by atoms with Crippen molar-refractivity contribution in [2.75, 3.05) is 19.8 Å². The molecule has 0 unspecified atom stereocenters. The van der Waals surface area contributed by atoms with Gasteiger partial charge in [0.05, 0.1) is 19.8 Å². The molecule has 10 nitrogen and oxygen atoms in total. The lowest BCUT2D eigenvalue weighted by Crippen LogP contribution is -2.59. The smallest absolute Gasteiger partial charge is 0.187 e. The number of aliphatic hydroxyl groups excluding tert-OH is 6. The van der Waals surface area contributed by atoms with Gasteiger partial charge in [-0.05, 0) is 5.56 Å². The molecule has 6 N–H and O–H groups in total. The maximum atomic E-state index is 10.2. The lowest BCUT2D eigenvalue weighted by atomic mass is 9.99. The zero-order valence-corrected chi connectivity index (χ0v) is 16.2. The Morgan fingerprint density at radius 2 is 1.37 bits per heavy atom. The molecule has 2 heterocycles. The lowest BCUT2D eigenvalue weighted by Gasteiger charge is -2.40. The van der Waals surface area contributed by atoms with E-state index in [2.05, 4.69) is 0 Å². The molecule has 1 aromatic carbocycles. The Kier molecular flexibility index (Phi) is 8.31. The molecule has 0 amide bonds. The van der Waals surface area contributed by atoms with Gasteiger partial charge in [-0.2, -0.15) is 0 Å². The average molecular weight is 428 g/mol. The van der Waals surface area contributed by atoms with Gasteiger partial charge in [0.1, 0.15) is 42.7 Å². The highest BCUT2D eigenvalue weighted by atomic mass is 16.7. The zero-order chi connectivity index (χ0) is 21.7. The van der Waals surface area contributed by atoms with Crippen LogP contribution in [0.3, 0.4) is 0 Å². The second kappa shape index (κ2) is 10.7. The largest absolute Gasteiger partial charge is 0.394 e. The predicted octanol–water partition coefficient (Wildman–Crippen LogP) is -2.02. The van der Waals surface area contributed by atoms with Crippen molar-refractivity contribution < 1.29 is 49.6 Å². The first-order valence-electron chi connectivity index (χ1n) is 9.69. The van der Waals surface area contributed by atoms with E-state index in [1.54, 1.807) is 6.08 Å². The van der Waals surface area contributed by atoms with Crippen molar-refractivity contribution in [3.8, 4) is 0 Å². The Labute approximate surface area is 173 Å². The van der Waals surface area contributed by atoms with Crippen LogP contribution in [0, 0.1) is 0 Å². The SMILES string of the molecule is OC[C@@H]1O[C@H](OC[C@@H]2O[C@H](OC/C=C/c3ccccc3)[C@@H](O)[C@H](O)[C@H]2O)[C@H](O)[C@H]1O. The van der Waals surface area contributed by atoms with Crippen molar-refractivity contribution in [1.29, 1.82) is 0 Å². The first kappa shape index (κ1) is 23.2. The summed E-state index contributed by atoms with van der Waals surface area (Å²) in [5.74, 6) is 0. The van der Waals surface area contributed by atoms with Gasteiger partial charge in [0.25, 0.3) is 0 Å². The van der Waals surface area contributed by atoms with Crippen molar-refractivity contribution in [1.82, 2.24) is 0 Å². The van der Waals surface area contributed by atoms with Crippen LogP contribution in [0.5, 0.6) is 0 Å². The van der Waals surface area contributed by atoms with Gasteiger partial charge in [0.15, 0.2) is 12.6 Å². The van der Waals surface area contributed by atoms with E-state index < -0.39 is 61.9 Å². The van der Waals surface area contributed by atoms with Gasteiger partial charge in [0, 0.05) is 0 Å². The predicted molar refractivity (Wildman–Crippen MR) is 102 cm³/mol. The van der Waals surface area contributed by atoms with E-state index in [4.69, 9.17) is 24.1 Å². The molecule has 0 bridgehead atoms. The third-order valence-corrected chi connectivity index (χ3v) is 5.06. The van der Waals surface area contributed by atoms with Gasteiger partial charge in [-0.15, -0.1) is 0 Å². The molecule has 2 aliphatic rings. The van der Waals surface area contributed by atoms with Gasteiger partial charge in [0.2, 0.25) is 0 Å². The summed E-state index contributed by atoms with van der Waals surface area (Å²) < 4.78 is 21.5. The standard InChI is InChI=1S/C20H28O10/c21-9-12-14(22)17(25)20(29-12)28-10-13-15(23)16(24)18(26)19(30-13)27-8-4-7-11-5-2-1-3-6-11/h1-7,12-26H,8-10H2/b7-4+/t12-,13-,14-,15-,16+,17+,18-,19-,20-/m0/s1. The highest BCUT2D eigenvalue weighted by molar-refractivity contribution is 5.48. The van der Waals surface area contributed by atoms with Crippen LogP contribution in [0.4, 0.5) is 0 Å². The molecule has 0 spiro atoms. The summed E-state index contributed by atoms with van der Waals surface area (Å²) in [6.07, 6.45) is -8.23. The van der Waals surface area contributed by atoms with E-state index in [1.807, 2.05) is 36.4 Å². The average Bonchev–Trinajstić information content (AvgIpc) is 3.04. The first-order chi connectivity index (χ1) is 14.4. The van der Waals surface area contributed by atoms with Crippen molar-refractivity contribution >= 4 is 6.08 Å². The van der Waals surface area contributed by atoms with Crippen LogP contribution < -0.4 is 0 Å². The molecule has 3 rings (SSSR count). The number of rotatable bonds is 8. The lowest BCUT2D eigenvalue weighted by molar-refractivity contribution is -0.307. The summed E-state index contributed by atoms with van der Waals surface area (Å²) in [6.45, 7) is -0.739. The van der Waals surface area contributed by atoms with Crippen molar-refractivity contribution in [2.45, 2.75) is 55.3 Å². The third kappa shape index (κ3) is 5.42. The minimum absolute atomic E-state index is 0.0852. The van der Waals surface area contributed by atoms with E-state index >= 15 is 0 Å². The van der Waals surface area contributed by atoms with Crippen molar-refractivity contribution in [3.63, 3.8) is 0 Å². The fraction of sp³-hybridized carbons (Fsp3) is 0.600. The molecule has 168 valence electrons. The molecule has 2 fully saturated rings. The molecular weight excluding hydrogens is 400 g/mol. The normalized spacial score (nSPS) is 39.6. The summed E-state index contributed by atoms with van der Waals surface area (Å²) in [5, 5.41) is 59.1. The molecule has 0 aromatic heterocycles. The van der Waals surface area contributed by atoms with E-state index in [-0.39, 0.29) is 13.2 Å². The van der Waals surface area contributed by atoms with Crippen molar-refractivity contribution in [3.05, 3.63) is 42.0 Å². The molecule has 9 atom stereocenters. The Hall–Kier alpha value is -1.44. The van der Waals surface area contributed by atoms with Crippen LogP contribution in [-0.2, 0) is 18.9 Å². The van der Waals surface area contributed by atoms with E-state index in [9.17, 15) is 25.5 Å². The zero-order valence-electron chi connectivity index (χ0n) is 16.2. The molecule has 0 radical (unpaired) electrons. The maximum Gasteiger partial charge on any atom is 0.187 e. The van der Waals surface area contributed by atoms with E-state index in [1.165, 1.54) is 0 Å².